The van der Waals surface area contributed by atoms with Crippen LogP contribution in [0.2, 0.25) is 0 Å². The minimum absolute atomic E-state index is 0.0935. The van der Waals surface area contributed by atoms with Crippen molar-refractivity contribution in [2.45, 2.75) is 135 Å². The number of allylic oxidation sites excluding steroid dienone is 1. The van der Waals surface area contributed by atoms with E-state index in [0.717, 1.165) is 5.57 Å². The van der Waals surface area contributed by atoms with Crippen molar-refractivity contribution >= 4 is 11.9 Å². The maximum Gasteiger partial charge on any atom is 0.315 e. The van der Waals surface area contributed by atoms with Crippen molar-refractivity contribution in [1.82, 2.24) is 0 Å². The van der Waals surface area contributed by atoms with Crippen LogP contribution in [0.3, 0.4) is 0 Å². The van der Waals surface area contributed by atoms with Crippen LogP contribution in [-0.2, 0) is 19.1 Å². The van der Waals surface area contributed by atoms with Gasteiger partial charge in [0.2, 0.25) is 6.29 Å². The smallest absolute Gasteiger partial charge is 0.315 e. The van der Waals surface area contributed by atoms with E-state index in [2.05, 4.69) is 19.9 Å². The Morgan fingerprint density at radius 1 is 0.878 bits per heavy atom. The average Bonchev–Trinajstić information content (AvgIpc) is 3.03. The highest BCUT2D eigenvalue weighted by Gasteiger charge is 2.73. The minimum Gasteiger partial charge on any atom is -0.481 e. The fraction of sp³-hybridized carbons (Fsp3) is 0.889. The third-order valence-electron chi connectivity index (χ3n) is 15.6. The number of hydrogen-bond acceptors (Lipinski definition) is 12. The first-order chi connectivity index (χ1) is 22.7. The summed E-state index contributed by atoms with van der Waals surface area (Å²) >= 11 is 0. The number of fused-ring (bicyclic) bond motifs is 7. The summed E-state index contributed by atoms with van der Waals surface area (Å²) in [7, 11) is 0. The molecular formula is C36H56O13. The summed E-state index contributed by atoms with van der Waals surface area (Å²) in [5.74, 6) is -3.74. The number of aliphatic carboxylic acids is 1. The molecule has 5 fully saturated rings. The van der Waals surface area contributed by atoms with E-state index in [4.69, 9.17) is 9.47 Å². The average molecular weight is 697 g/mol. The van der Waals surface area contributed by atoms with E-state index in [1.54, 1.807) is 13.8 Å². The first kappa shape index (κ1) is 37.1. The first-order valence-electron chi connectivity index (χ1n) is 17.9. The SMILES string of the molecule is CC1(O)C(CO)CCC2(C(=O)OC3OC(CO)C(O)C(O)C3O)CCC3(C)C(=CCC4C5(C)CC(O)C(O)C(C)(C(=O)O)C5CCC43C)C21. The number of ether oxygens (including phenoxy) is 2. The molecule has 0 bridgehead atoms. The highest BCUT2D eigenvalue weighted by Crippen LogP contribution is 2.76. The molecular weight excluding hydrogens is 640 g/mol. The lowest BCUT2D eigenvalue weighted by molar-refractivity contribution is -0.299. The van der Waals surface area contributed by atoms with Crippen LogP contribution in [0.1, 0.15) is 86.0 Å². The topological polar surface area (TPSA) is 235 Å². The van der Waals surface area contributed by atoms with Gasteiger partial charge in [0.1, 0.15) is 24.4 Å². The number of aliphatic hydroxyl groups is 8. The van der Waals surface area contributed by atoms with Crippen LogP contribution >= 0.6 is 0 Å². The monoisotopic (exact) mass is 696 g/mol. The van der Waals surface area contributed by atoms with Crippen molar-refractivity contribution in [1.29, 1.82) is 0 Å². The molecule has 0 amide bonds. The molecule has 6 rings (SSSR count). The van der Waals surface area contributed by atoms with Gasteiger partial charge in [-0.15, -0.1) is 0 Å². The molecule has 17 atom stereocenters. The van der Waals surface area contributed by atoms with Crippen LogP contribution in [0, 0.1) is 50.7 Å². The minimum atomic E-state index is -1.79. The highest BCUT2D eigenvalue weighted by atomic mass is 16.7. The van der Waals surface area contributed by atoms with Gasteiger partial charge >= 0.3 is 11.9 Å². The van der Waals surface area contributed by atoms with Crippen LogP contribution in [0.25, 0.3) is 0 Å². The Morgan fingerprint density at radius 3 is 2.16 bits per heavy atom. The maximum absolute atomic E-state index is 14.5. The molecule has 17 unspecified atom stereocenters. The molecule has 278 valence electrons. The highest BCUT2D eigenvalue weighted by molar-refractivity contribution is 5.79. The predicted octanol–water partition coefficient (Wildman–Crippen LogP) is 0.471. The second kappa shape index (κ2) is 11.9. The van der Waals surface area contributed by atoms with Crippen LogP contribution in [-0.4, -0.2) is 120 Å². The van der Waals surface area contributed by atoms with Crippen molar-refractivity contribution < 1.29 is 65.0 Å². The Balaban J connectivity index is 1.42. The zero-order valence-electron chi connectivity index (χ0n) is 29.2. The maximum atomic E-state index is 14.5. The molecule has 1 aliphatic heterocycles. The molecule has 1 heterocycles. The lowest BCUT2D eigenvalue weighted by Crippen LogP contribution is -2.70. The number of esters is 1. The van der Waals surface area contributed by atoms with Gasteiger partial charge in [0.25, 0.3) is 0 Å². The van der Waals surface area contributed by atoms with Gasteiger partial charge in [0.05, 0.1) is 35.2 Å². The lowest BCUT2D eigenvalue weighted by atomic mass is 9.33. The molecule has 49 heavy (non-hydrogen) atoms. The van der Waals surface area contributed by atoms with Crippen LogP contribution in [0.15, 0.2) is 11.6 Å². The fourth-order valence-electron chi connectivity index (χ4n) is 12.5. The fourth-order valence-corrected chi connectivity index (χ4v) is 12.5. The number of rotatable bonds is 5. The number of aliphatic hydroxyl groups excluding tert-OH is 7. The van der Waals surface area contributed by atoms with Gasteiger partial charge in [-0.2, -0.15) is 0 Å². The Bertz CT molecular complexity index is 1370. The molecule has 1 saturated heterocycles. The van der Waals surface area contributed by atoms with E-state index in [-0.39, 0.29) is 31.8 Å². The summed E-state index contributed by atoms with van der Waals surface area (Å²) in [5.41, 5.74) is -5.24. The van der Waals surface area contributed by atoms with Crippen LogP contribution in [0.5, 0.6) is 0 Å². The zero-order chi connectivity index (χ0) is 36.3. The van der Waals surface area contributed by atoms with Crippen LogP contribution < -0.4 is 0 Å². The van der Waals surface area contributed by atoms with E-state index < -0.39 is 112 Å². The number of carbonyl (C=O) groups excluding carboxylic acids is 1. The molecule has 0 spiro atoms. The quantitative estimate of drug-likeness (QED) is 0.141. The lowest BCUT2D eigenvalue weighted by Gasteiger charge is -2.71. The molecule has 6 aliphatic rings. The molecule has 4 saturated carbocycles. The Labute approximate surface area is 286 Å². The van der Waals surface area contributed by atoms with Gasteiger partial charge in [0.15, 0.2) is 0 Å². The molecule has 0 aromatic carbocycles. The molecule has 0 aromatic rings. The van der Waals surface area contributed by atoms with Crippen molar-refractivity contribution in [3.8, 4) is 0 Å². The Kier molecular flexibility index (Phi) is 9.03. The van der Waals surface area contributed by atoms with Crippen molar-refractivity contribution in [3.63, 3.8) is 0 Å². The summed E-state index contributed by atoms with van der Waals surface area (Å²) in [5, 5.41) is 96.4. The predicted molar refractivity (Wildman–Crippen MR) is 171 cm³/mol. The number of carbonyl (C=O) groups is 2. The molecule has 13 heteroatoms. The molecule has 9 N–H and O–H groups in total. The Hall–Kier alpha value is -1.68. The van der Waals surface area contributed by atoms with Crippen molar-refractivity contribution in [2.75, 3.05) is 13.2 Å². The van der Waals surface area contributed by atoms with E-state index in [1.807, 2.05) is 6.92 Å². The second-order valence-electron chi connectivity index (χ2n) is 17.4. The number of carboxylic acids is 1. The summed E-state index contributed by atoms with van der Waals surface area (Å²) in [4.78, 5) is 27.2. The molecule has 5 aliphatic carbocycles. The largest absolute Gasteiger partial charge is 0.481 e. The van der Waals surface area contributed by atoms with Gasteiger partial charge in [0, 0.05) is 18.4 Å². The normalized spacial score (nSPS) is 55.5. The zero-order valence-corrected chi connectivity index (χ0v) is 29.2. The summed E-state index contributed by atoms with van der Waals surface area (Å²) < 4.78 is 11.4. The van der Waals surface area contributed by atoms with Gasteiger partial charge in [-0.3, -0.25) is 9.59 Å². The third-order valence-corrected chi connectivity index (χ3v) is 15.6. The summed E-state index contributed by atoms with van der Waals surface area (Å²) in [6.07, 6.45) is -5.43. The number of carboxylic acid groups (broad SMARTS) is 1. The van der Waals surface area contributed by atoms with E-state index in [9.17, 15) is 55.5 Å². The van der Waals surface area contributed by atoms with Crippen LogP contribution in [0.4, 0.5) is 0 Å². The standard InChI is InChI=1S/C36H56O13/c1-31-14-19(39)27(43)34(4,29(44)45)22(31)9-10-33(3)21(31)7-6-18-26-35(5,47)17(15-37)8-11-36(26,13-12-32(18,33)2)30(46)49-28-25(42)24(41)23(40)20(16-38)48-28/h6,17,19-28,37-43,47H,7-16H2,1-5H3,(H,44,45). The van der Waals surface area contributed by atoms with E-state index in [1.165, 1.54) is 0 Å². The van der Waals surface area contributed by atoms with Gasteiger partial charge in [-0.1, -0.05) is 32.4 Å². The van der Waals surface area contributed by atoms with Gasteiger partial charge in [-0.25, -0.2) is 0 Å². The first-order valence-corrected chi connectivity index (χ1v) is 17.9. The van der Waals surface area contributed by atoms with Crippen molar-refractivity contribution in [2.24, 2.45) is 50.7 Å². The third kappa shape index (κ3) is 4.76. The van der Waals surface area contributed by atoms with Gasteiger partial charge in [-0.05, 0) is 93.3 Å². The summed E-state index contributed by atoms with van der Waals surface area (Å²) in [6.45, 7) is 8.58. The van der Waals surface area contributed by atoms with Crippen molar-refractivity contribution in [3.05, 3.63) is 11.6 Å². The molecule has 0 aromatic heterocycles. The summed E-state index contributed by atoms with van der Waals surface area (Å²) in [6, 6.07) is 0. The molecule has 13 nitrogen and oxygen atoms in total. The Morgan fingerprint density at radius 2 is 1.55 bits per heavy atom. The second-order valence-corrected chi connectivity index (χ2v) is 17.4. The van der Waals surface area contributed by atoms with E-state index >= 15 is 0 Å². The van der Waals surface area contributed by atoms with Gasteiger partial charge < -0.3 is 55.4 Å². The number of hydrogen-bond donors (Lipinski definition) is 9. The van der Waals surface area contributed by atoms with E-state index in [0.29, 0.717) is 32.1 Å². The molecule has 0 radical (unpaired) electrons.